The smallest absolute Gasteiger partial charge is 0.346 e. The van der Waals surface area contributed by atoms with Crippen LogP contribution in [0.2, 0.25) is 0 Å². The zero-order valence-electron chi connectivity index (χ0n) is 6.88. The van der Waals surface area contributed by atoms with Gasteiger partial charge in [-0.1, -0.05) is 13.8 Å². The quantitative estimate of drug-likeness (QED) is 0.483. The van der Waals surface area contributed by atoms with Gasteiger partial charge < -0.3 is 5.11 Å². The Labute approximate surface area is 66.0 Å². The van der Waals surface area contributed by atoms with E-state index in [2.05, 4.69) is 0 Å². The highest BCUT2D eigenvalue weighted by atomic mass is 16.4. The van der Waals surface area contributed by atoms with Crippen molar-refractivity contribution in [2.75, 3.05) is 0 Å². The minimum absolute atomic E-state index is 0.112. The number of carbonyl (C=O) groups is 1. The minimum atomic E-state index is -1.14. The van der Waals surface area contributed by atoms with E-state index in [0.717, 1.165) is 0 Å². The third-order valence-corrected chi connectivity index (χ3v) is 1.59. The van der Waals surface area contributed by atoms with Crippen LogP contribution in [-0.2, 0) is 4.79 Å². The summed E-state index contributed by atoms with van der Waals surface area (Å²) >= 11 is 0. The minimum Gasteiger partial charge on any atom is -0.477 e. The largest absolute Gasteiger partial charge is 0.477 e. The molecule has 0 rings (SSSR count). The Hall–Kier alpha value is -1.30. The first-order valence-electron chi connectivity index (χ1n) is 3.34. The number of nitrogens with zero attached hydrogens (tertiary/aromatic N) is 1. The summed E-state index contributed by atoms with van der Waals surface area (Å²) < 4.78 is 0. The van der Waals surface area contributed by atoms with Gasteiger partial charge in [0.2, 0.25) is 0 Å². The van der Waals surface area contributed by atoms with Crippen LogP contribution in [0.3, 0.4) is 0 Å². The molecular weight excluding hydrogens is 142 g/mol. The van der Waals surface area contributed by atoms with Crippen LogP contribution in [0.1, 0.15) is 20.8 Å². The average molecular weight is 153 g/mol. The third-order valence-electron chi connectivity index (χ3n) is 1.59. The van der Waals surface area contributed by atoms with Crippen molar-refractivity contribution in [2.45, 2.75) is 20.8 Å². The predicted molar refractivity (Wildman–Crippen MR) is 40.8 cm³/mol. The van der Waals surface area contributed by atoms with Crippen LogP contribution in [-0.4, -0.2) is 11.1 Å². The maximum absolute atomic E-state index is 10.4. The van der Waals surface area contributed by atoms with Crippen molar-refractivity contribution in [1.29, 1.82) is 5.26 Å². The number of allylic oxidation sites excluding steroid dienone is 1. The molecular formula is C8H11NO2. The number of aliphatic carboxylic acids is 1. The molecule has 0 spiro atoms. The standard InChI is InChI=1S/C8H11NO2/c1-5(2)6(3)7(4-9)8(10)11/h5H,1-3H3,(H,10,11)/b7-6-. The molecule has 0 aromatic carbocycles. The lowest BCUT2D eigenvalue weighted by atomic mass is 10.00. The second-order valence-electron chi connectivity index (χ2n) is 2.63. The van der Waals surface area contributed by atoms with Crippen molar-refractivity contribution < 1.29 is 9.90 Å². The molecule has 0 aromatic heterocycles. The molecule has 0 atom stereocenters. The highest BCUT2D eigenvalue weighted by molar-refractivity contribution is 5.91. The molecule has 0 aliphatic heterocycles. The molecule has 0 saturated heterocycles. The number of carboxylic acids is 1. The van der Waals surface area contributed by atoms with Gasteiger partial charge in [-0.3, -0.25) is 0 Å². The molecule has 0 unspecified atom stereocenters. The first kappa shape index (κ1) is 9.70. The number of carboxylic acid groups (broad SMARTS) is 1. The summed E-state index contributed by atoms with van der Waals surface area (Å²) in [6, 6.07) is 1.66. The van der Waals surface area contributed by atoms with Crippen molar-refractivity contribution in [3.8, 4) is 6.07 Å². The lowest BCUT2D eigenvalue weighted by molar-refractivity contribution is -0.132. The molecule has 0 heterocycles. The molecule has 3 heteroatoms. The van der Waals surface area contributed by atoms with Gasteiger partial charge in [0.25, 0.3) is 0 Å². The molecule has 0 bridgehead atoms. The highest BCUT2D eigenvalue weighted by Gasteiger charge is 2.12. The van der Waals surface area contributed by atoms with Gasteiger partial charge in [0.05, 0.1) is 0 Å². The Morgan fingerprint density at radius 1 is 1.55 bits per heavy atom. The lowest BCUT2D eigenvalue weighted by Gasteiger charge is -2.04. The maximum Gasteiger partial charge on any atom is 0.346 e. The van der Waals surface area contributed by atoms with Gasteiger partial charge in [0.15, 0.2) is 0 Å². The van der Waals surface area contributed by atoms with Crippen molar-refractivity contribution >= 4 is 5.97 Å². The normalized spacial score (nSPS) is 12.3. The monoisotopic (exact) mass is 153 g/mol. The van der Waals surface area contributed by atoms with Crippen LogP contribution in [0.4, 0.5) is 0 Å². The summed E-state index contributed by atoms with van der Waals surface area (Å²) in [4.78, 5) is 10.4. The Kier molecular flexibility index (Phi) is 3.32. The molecule has 3 nitrogen and oxygen atoms in total. The van der Waals surface area contributed by atoms with Crippen LogP contribution in [0.25, 0.3) is 0 Å². The molecule has 0 saturated carbocycles. The molecule has 0 aromatic rings. The van der Waals surface area contributed by atoms with E-state index in [9.17, 15) is 4.79 Å². The zero-order valence-corrected chi connectivity index (χ0v) is 6.88. The zero-order chi connectivity index (χ0) is 9.02. The van der Waals surface area contributed by atoms with Gasteiger partial charge in [0, 0.05) is 0 Å². The van der Waals surface area contributed by atoms with Crippen LogP contribution < -0.4 is 0 Å². The molecule has 60 valence electrons. The van der Waals surface area contributed by atoms with Gasteiger partial charge in [-0.05, 0) is 18.4 Å². The predicted octanol–water partition coefficient (Wildman–Crippen LogP) is 1.57. The number of hydrogen-bond donors (Lipinski definition) is 1. The first-order valence-corrected chi connectivity index (χ1v) is 3.34. The highest BCUT2D eigenvalue weighted by Crippen LogP contribution is 2.13. The first-order chi connectivity index (χ1) is 5.00. The van der Waals surface area contributed by atoms with E-state index in [0.29, 0.717) is 5.57 Å². The second-order valence-corrected chi connectivity index (χ2v) is 2.63. The molecule has 0 radical (unpaired) electrons. The van der Waals surface area contributed by atoms with E-state index in [1.807, 2.05) is 13.8 Å². The number of hydrogen-bond acceptors (Lipinski definition) is 2. The van der Waals surface area contributed by atoms with Crippen molar-refractivity contribution in [3.05, 3.63) is 11.1 Å². The van der Waals surface area contributed by atoms with Crippen molar-refractivity contribution in [2.24, 2.45) is 5.92 Å². The fourth-order valence-corrected chi connectivity index (χ4v) is 0.593. The van der Waals surface area contributed by atoms with Crippen LogP contribution >= 0.6 is 0 Å². The van der Waals surface area contributed by atoms with E-state index >= 15 is 0 Å². The Balaban J connectivity index is 4.88. The van der Waals surface area contributed by atoms with E-state index in [1.165, 1.54) is 0 Å². The van der Waals surface area contributed by atoms with E-state index in [4.69, 9.17) is 10.4 Å². The van der Waals surface area contributed by atoms with Crippen LogP contribution in [0.5, 0.6) is 0 Å². The maximum atomic E-state index is 10.4. The molecule has 0 fully saturated rings. The summed E-state index contributed by atoms with van der Waals surface area (Å²) in [5.74, 6) is -1.03. The SMILES string of the molecule is C/C(=C(\C#N)C(=O)O)C(C)C. The Morgan fingerprint density at radius 3 is 2.09 bits per heavy atom. The number of nitriles is 1. The topological polar surface area (TPSA) is 61.1 Å². The van der Waals surface area contributed by atoms with E-state index in [-0.39, 0.29) is 11.5 Å². The van der Waals surface area contributed by atoms with Crippen LogP contribution in [0.15, 0.2) is 11.1 Å². The molecule has 11 heavy (non-hydrogen) atoms. The second kappa shape index (κ2) is 3.77. The van der Waals surface area contributed by atoms with Gasteiger partial charge >= 0.3 is 5.97 Å². The summed E-state index contributed by atoms with van der Waals surface area (Å²) in [5.41, 5.74) is 0.486. The lowest BCUT2D eigenvalue weighted by Crippen LogP contribution is -2.04. The van der Waals surface area contributed by atoms with Crippen LogP contribution in [0, 0.1) is 17.2 Å². The van der Waals surface area contributed by atoms with Crippen molar-refractivity contribution in [1.82, 2.24) is 0 Å². The summed E-state index contributed by atoms with van der Waals surface area (Å²) in [6.45, 7) is 5.38. The summed E-state index contributed by atoms with van der Waals surface area (Å²) in [6.07, 6.45) is 0. The van der Waals surface area contributed by atoms with Gasteiger partial charge in [-0.15, -0.1) is 0 Å². The molecule has 0 aliphatic carbocycles. The van der Waals surface area contributed by atoms with Crippen molar-refractivity contribution in [3.63, 3.8) is 0 Å². The third kappa shape index (κ3) is 2.42. The van der Waals surface area contributed by atoms with Gasteiger partial charge in [-0.25, -0.2) is 4.79 Å². The molecule has 0 aliphatic rings. The average Bonchev–Trinajstić information content (AvgIpc) is 1.88. The van der Waals surface area contributed by atoms with Gasteiger partial charge in [0.1, 0.15) is 11.6 Å². The van der Waals surface area contributed by atoms with E-state index in [1.54, 1.807) is 13.0 Å². The summed E-state index contributed by atoms with van der Waals surface area (Å²) in [7, 11) is 0. The van der Waals surface area contributed by atoms with E-state index < -0.39 is 5.97 Å². The molecule has 1 N–H and O–H groups in total. The fraction of sp³-hybridized carbons (Fsp3) is 0.500. The Morgan fingerprint density at radius 2 is 2.00 bits per heavy atom. The molecule has 0 amide bonds. The van der Waals surface area contributed by atoms with Gasteiger partial charge in [-0.2, -0.15) is 5.26 Å². The summed E-state index contributed by atoms with van der Waals surface area (Å²) in [5, 5.41) is 16.9. The fourth-order valence-electron chi connectivity index (χ4n) is 0.593. The number of rotatable bonds is 2. The Bertz CT molecular complexity index is 233.